The van der Waals surface area contributed by atoms with Gasteiger partial charge in [0.2, 0.25) is 0 Å². The van der Waals surface area contributed by atoms with Crippen LogP contribution in [-0.4, -0.2) is 60.6 Å². The van der Waals surface area contributed by atoms with E-state index in [2.05, 4.69) is 4.90 Å². The fourth-order valence-corrected chi connectivity index (χ4v) is 2.86. The molecule has 2 saturated heterocycles. The minimum Gasteiger partial charge on any atom is -0.387 e. The fraction of sp³-hybridized carbons (Fsp3) is 0.909. The highest BCUT2D eigenvalue weighted by atomic mass is 19.4. The molecular formula is C11H19F3N4. The monoisotopic (exact) mass is 264 g/mol. The molecule has 4 nitrogen and oxygen atoms in total. The number of halogens is 3. The lowest BCUT2D eigenvalue weighted by Crippen LogP contribution is -2.53. The highest BCUT2D eigenvalue weighted by Gasteiger charge is 2.43. The molecule has 2 atom stereocenters. The summed E-state index contributed by atoms with van der Waals surface area (Å²) >= 11 is 0. The van der Waals surface area contributed by atoms with Crippen LogP contribution in [0.2, 0.25) is 0 Å². The van der Waals surface area contributed by atoms with Gasteiger partial charge >= 0.3 is 6.18 Å². The molecule has 0 aliphatic carbocycles. The van der Waals surface area contributed by atoms with Crippen LogP contribution in [0.3, 0.4) is 0 Å². The van der Waals surface area contributed by atoms with Crippen molar-refractivity contribution < 1.29 is 13.2 Å². The lowest BCUT2D eigenvalue weighted by atomic mass is 10.1. The van der Waals surface area contributed by atoms with E-state index in [0.29, 0.717) is 19.1 Å². The Balaban J connectivity index is 1.94. The number of alkyl halides is 3. The predicted octanol–water partition coefficient (Wildman–Crippen LogP) is 0.881. The van der Waals surface area contributed by atoms with E-state index in [9.17, 15) is 13.2 Å². The Labute approximate surface area is 104 Å². The highest BCUT2D eigenvalue weighted by Crippen LogP contribution is 2.28. The molecule has 2 fully saturated rings. The second-order valence-electron chi connectivity index (χ2n) is 5.14. The molecule has 0 aromatic heterocycles. The van der Waals surface area contributed by atoms with Crippen molar-refractivity contribution in [2.45, 2.75) is 25.1 Å². The van der Waals surface area contributed by atoms with Crippen LogP contribution in [0.5, 0.6) is 0 Å². The van der Waals surface area contributed by atoms with Gasteiger partial charge in [0.1, 0.15) is 11.8 Å². The van der Waals surface area contributed by atoms with Crippen LogP contribution in [-0.2, 0) is 0 Å². The summed E-state index contributed by atoms with van der Waals surface area (Å²) in [7, 11) is 0. The summed E-state index contributed by atoms with van der Waals surface area (Å²) in [6.07, 6.45) is -2.22. The SMILES string of the molecule is N=C(N)C(CN1CCN2CCCC2C1)C(F)(F)F. The molecule has 18 heavy (non-hydrogen) atoms. The Kier molecular flexibility index (Phi) is 3.82. The molecule has 0 saturated carbocycles. The third-order valence-electron chi connectivity index (χ3n) is 3.88. The molecule has 0 bridgehead atoms. The molecular weight excluding hydrogens is 245 g/mol. The summed E-state index contributed by atoms with van der Waals surface area (Å²) in [5, 5.41) is 7.09. The number of amidine groups is 1. The van der Waals surface area contributed by atoms with Crippen LogP contribution in [0.1, 0.15) is 12.8 Å². The summed E-state index contributed by atoms with van der Waals surface area (Å²) in [6.45, 7) is 3.01. The molecule has 0 aromatic carbocycles. The van der Waals surface area contributed by atoms with E-state index >= 15 is 0 Å². The zero-order chi connectivity index (χ0) is 13.3. The first-order chi connectivity index (χ1) is 8.38. The zero-order valence-electron chi connectivity index (χ0n) is 10.2. The Morgan fingerprint density at radius 2 is 2.06 bits per heavy atom. The van der Waals surface area contributed by atoms with Crippen molar-refractivity contribution in [3.63, 3.8) is 0 Å². The Hall–Kier alpha value is -0.820. The largest absolute Gasteiger partial charge is 0.399 e. The third kappa shape index (κ3) is 2.95. The minimum atomic E-state index is -4.42. The van der Waals surface area contributed by atoms with Crippen molar-refractivity contribution in [1.82, 2.24) is 9.80 Å². The van der Waals surface area contributed by atoms with Crippen molar-refractivity contribution >= 4 is 5.84 Å². The lowest BCUT2D eigenvalue weighted by Gasteiger charge is -2.39. The topological polar surface area (TPSA) is 56.4 Å². The molecule has 2 aliphatic heterocycles. The molecule has 7 heteroatoms. The van der Waals surface area contributed by atoms with Gasteiger partial charge in [0.15, 0.2) is 0 Å². The minimum absolute atomic E-state index is 0.177. The van der Waals surface area contributed by atoms with E-state index in [1.165, 1.54) is 0 Å². The first kappa shape index (κ1) is 13.6. The number of nitrogens with zero attached hydrogens (tertiary/aromatic N) is 2. The van der Waals surface area contributed by atoms with Gasteiger partial charge in [-0.05, 0) is 19.4 Å². The quantitative estimate of drug-likeness (QED) is 0.588. The first-order valence-electron chi connectivity index (χ1n) is 6.25. The average Bonchev–Trinajstić information content (AvgIpc) is 2.70. The summed E-state index contributed by atoms with van der Waals surface area (Å²) in [4.78, 5) is 4.14. The lowest BCUT2D eigenvalue weighted by molar-refractivity contribution is -0.161. The van der Waals surface area contributed by atoms with E-state index in [1.54, 1.807) is 4.90 Å². The molecule has 0 aromatic rings. The van der Waals surface area contributed by atoms with Gasteiger partial charge in [-0.25, -0.2) is 0 Å². The number of hydrogen-bond donors (Lipinski definition) is 2. The second-order valence-corrected chi connectivity index (χ2v) is 5.14. The van der Waals surface area contributed by atoms with Crippen LogP contribution in [0, 0.1) is 11.3 Å². The second kappa shape index (κ2) is 5.05. The van der Waals surface area contributed by atoms with Crippen LogP contribution >= 0.6 is 0 Å². The number of piperazine rings is 1. The Morgan fingerprint density at radius 1 is 1.33 bits per heavy atom. The van der Waals surface area contributed by atoms with Crippen molar-refractivity contribution in [2.24, 2.45) is 11.7 Å². The maximum absolute atomic E-state index is 12.7. The fourth-order valence-electron chi connectivity index (χ4n) is 2.86. The van der Waals surface area contributed by atoms with Crippen LogP contribution < -0.4 is 5.73 Å². The summed E-state index contributed by atoms with van der Waals surface area (Å²) in [5.41, 5.74) is 5.07. The summed E-state index contributed by atoms with van der Waals surface area (Å²) in [6, 6.07) is 0.389. The zero-order valence-corrected chi connectivity index (χ0v) is 10.2. The standard InChI is InChI=1S/C11H19F3N4/c12-11(13,14)9(10(15)16)7-17-4-5-18-3-1-2-8(18)6-17/h8-9H,1-7H2,(H3,15,16). The van der Waals surface area contributed by atoms with Gasteiger partial charge in [-0.2, -0.15) is 13.2 Å². The molecule has 2 unspecified atom stereocenters. The summed E-state index contributed by atoms with van der Waals surface area (Å²) < 4.78 is 38.2. The molecule has 2 heterocycles. The number of fused-ring (bicyclic) bond motifs is 1. The van der Waals surface area contributed by atoms with Gasteiger partial charge in [0.05, 0.1) is 0 Å². The van der Waals surface area contributed by atoms with Crippen molar-refractivity contribution in [3.8, 4) is 0 Å². The van der Waals surface area contributed by atoms with Crippen molar-refractivity contribution in [3.05, 3.63) is 0 Å². The first-order valence-corrected chi connectivity index (χ1v) is 6.25. The molecule has 0 radical (unpaired) electrons. The van der Waals surface area contributed by atoms with E-state index in [0.717, 1.165) is 25.9 Å². The average molecular weight is 264 g/mol. The van der Waals surface area contributed by atoms with E-state index in [1.807, 2.05) is 0 Å². The van der Waals surface area contributed by atoms with Crippen LogP contribution in [0.15, 0.2) is 0 Å². The van der Waals surface area contributed by atoms with Crippen molar-refractivity contribution in [2.75, 3.05) is 32.7 Å². The maximum atomic E-state index is 12.7. The van der Waals surface area contributed by atoms with Crippen LogP contribution in [0.4, 0.5) is 13.2 Å². The number of nitrogens with one attached hydrogen (secondary N) is 1. The van der Waals surface area contributed by atoms with E-state index < -0.39 is 17.9 Å². The maximum Gasteiger partial charge on any atom is 0.399 e. The van der Waals surface area contributed by atoms with Crippen LogP contribution in [0.25, 0.3) is 0 Å². The Bertz CT molecular complexity index is 318. The van der Waals surface area contributed by atoms with Gasteiger partial charge in [-0.3, -0.25) is 15.2 Å². The van der Waals surface area contributed by atoms with Gasteiger partial charge in [-0.15, -0.1) is 0 Å². The molecule has 2 rings (SSSR count). The van der Waals surface area contributed by atoms with E-state index in [4.69, 9.17) is 11.1 Å². The van der Waals surface area contributed by atoms with Gasteiger partial charge < -0.3 is 5.73 Å². The number of hydrogen-bond acceptors (Lipinski definition) is 3. The van der Waals surface area contributed by atoms with E-state index in [-0.39, 0.29) is 6.54 Å². The number of nitrogens with two attached hydrogens (primary N) is 1. The normalized spacial score (nSPS) is 28.1. The summed E-state index contributed by atoms with van der Waals surface area (Å²) in [5.74, 6) is -2.61. The number of rotatable bonds is 3. The molecule has 0 spiro atoms. The third-order valence-corrected chi connectivity index (χ3v) is 3.88. The van der Waals surface area contributed by atoms with Gasteiger partial charge in [0.25, 0.3) is 0 Å². The molecule has 2 aliphatic rings. The molecule has 104 valence electrons. The van der Waals surface area contributed by atoms with Gasteiger partial charge in [0, 0.05) is 32.2 Å². The molecule has 3 N–H and O–H groups in total. The highest BCUT2D eigenvalue weighted by molar-refractivity contribution is 5.80. The molecule has 0 amide bonds. The van der Waals surface area contributed by atoms with Gasteiger partial charge in [-0.1, -0.05) is 0 Å². The Morgan fingerprint density at radius 3 is 2.67 bits per heavy atom. The van der Waals surface area contributed by atoms with Crippen molar-refractivity contribution in [1.29, 1.82) is 5.41 Å². The smallest absolute Gasteiger partial charge is 0.387 e. The predicted molar refractivity (Wildman–Crippen MR) is 62.5 cm³/mol.